The predicted molar refractivity (Wildman–Crippen MR) is 94.2 cm³/mol. The Balaban J connectivity index is 0.000000412. The number of nitrogens with zero attached hydrogens (tertiary/aromatic N) is 2. The maximum absolute atomic E-state index is 5.51. The molecule has 0 saturated carbocycles. The van der Waals surface area contributed by atoms with Crippen molar-refractivity contribution in [1.29, 1.82) is 0 Å². The van der Waals surface area contributed by atoms with Gasteiger partial charge in [-0.25, -0.2) is 4.98 Å². The van der Waals surface area contributed by atoms with E-state index in [1.54, 1.807) is 12.4 Å². The maximum Gasteiger partial charge on any atom is 0.213 e. The van der Waals surface area contributed by atoms with Crippen LogP contribution in [0.4, 0.5) is 0 Å². The van der Waals surface area contributed by atoms with Crippen molar-refractivity contribution in [2.24, 2.45) is 5.41 Å². The fourth-order valence-corrected chi connectivity index (χ4v) is 1.26. The van der Waals surface area contributed by atoms with Crippen molar-refractivity contribution in [2.75, 3.05) is 6.61 Å². The van der Waals surface area contributed by atoms with Crippen LogP contribution >= 0.6 is 0 Å². The first kappa shape index (κ1) is 20.1. The first-order valence-corrected chi connectivity index (χ1v) is 7.79. The van der Waals surface area contributed by atoms with E-state index in [1.807, 2.05) is 58.2 Å². The zero-order valence-electron chi connectivity index (χ0n) is 15.1. The number of hydrogen-bond acceptors (Lipinski definition) is 3. The molecule has 0 N–H and O–H groups in total. The molecule has 0 radical (unpaired) electrons. The monoisotopic (exact) mass is 302 g/mol. The minimum absolute atomic E-state index is 0.187. The average Bonchev–Trinajstić information content (AvgIpc) is 2.49. The Kier molecular flexibility index (Phi) is 9.84. The molecule has 2 heterocycles. The third-order valence-electron chi connectivity index (χ3n) is 2.38. The highest BCUT2D eigenvalue weighted by Crippen LogP contribution is 2.15. The van der Waals surface area contributed by atoms with Crippen LogP contribution in [-0.2, 0) is 0 Å². The van der Waals surface area contributed by atoms with Gasteiger partial charge in [0.1, 0.15) is 0 Å². The van der Waals surface area contributed by atoms with Gasteiger partial charge in [-0.15, -0.1) is 0 Å². The van der Waals surface area contributed by atoms with Gasteiger partial charge in [-0.3, -0.25) is 4.98 Å². The molecule has 0 aliphatic heterocycles. The van der Waals surface area contributed by atoms with E-state index in [2.05, 4.69) is 30.7 Å². The first-order valence-electron chi connectivity index (χ1n) is 7.79. The standard InChI is InChI=1S/C11H17NO.C6H7N.C2H6/c1-9-5-6-10(12-7-9)13-8-11(2,3)4;1-6-2-4-7-5-3-6;1-2/h5-7H,8H2,1-4H3;2-5H,1H3;1-2H3. The second-order valence-electron chi connectivity index (χ2n) is 6.05. The molecular weight excluding hydrogens is 272 g/mol. The molecular formula is C19H30N2O. The summed E-state index contributed by atoms with van der Waals surface area (Å²) < 4.78 is 5.51. The van der Waals surface area contributed by atoms with Crippen molar-refractivity contribution < 1.29 is 4.74 Å². The molecule has 3 heteroatoms. The lowest BCUT2D eigenvalue weighted by atomic mass is 9.99. The van der Waals surface area contributed by atoms with Gasteiger partial charge < -0.3 is 4.74 Å². The Morgan fingerprint density at radius 2 is 1.50 bits per heavy atom. The van der Waals surface area contributed by atoms with E-state index in [1.165, 1.54) is 5.56 Å². The van der Waals surface area contributed by atoms with Crippen LogP contribution in [0.3, 0.4) is 0 Å². The lowest BCUT2D eigenvalue weighted by Gasteiger charge is -2.18. The van der Waals surface area contributed by atoms with E-state index in [-0.39, 0.29) is 5.41 Å². The van der Waals surface area contributed by atoms with Crippen molar-refractivity contribution in [2.45, 2.75) is 48.5 Å². The summed E-state index contributed by atoms with van der Waals surface area (Å²) in [6.07, 6.45) is 5.39. The summed E-state index contributed by atoms with van der Waals surface area (Å²) >= 11 is 0. The summed E-state index contributed by atoms with van der Waals surface area (Å²) in [6, 6.07) is 7.85. The van der Waals surface area contributed by atoms with E-state index < -0.39 is 0 Å². The molecule has 2 rings (SSSR count). The molecule has 22 heavy (non-hydrogen) atoms. The summed E-state index contributed by atoms with van der Waals surface area (Å²) in [6.45, 7) is 15.2. The van der Waals surface area contributed by atoms with Gasteiger partial charge in [-0.2, -0.15) is 0 Å². The van der Waals surface area contributed by atoms with Crippen LogP contribution in [0, 0.1) is 19.3 Å². The molecule has 0 spiro atoms. The Hall–Kier alpha value is -1.90. The number of aromatic nitrogens is 2. The number of rotatable bonds is 2. The maximum atomic E-state index is 5.51. The van der Waals surface area contributed by atoms with Crippen LogP contribution in [-0.4, -0.2) is 16.6 Å². The highest BCUT2D eigenvalue weighted by Gasteiger charge is 2.10. The second-order valence-corrected chi connectivity index (χ2v) is 6.05. The van der Waals surface area contributed by atoms with Crippen LogP contribution in [0.15, 0.2) is 42.9 Å². The molecule has 3 nitrogen and oxygen atoms in total. The third-order valence-corrected chi connectivity index (χ3v) is 2.38. The average molecular weight is 302 g/mol. The minimum atomic E-state index is 0.187. The fraction of sp³-hybridized carbons (Fsp3) is 0.474. The summed E-state index contributed by atoms with van der Waals surface area (Å²) in [5.41, 5.74) is 2.60. The summed E-state index contributed by atoms with van der Waals surface area (Å²) in [4.78, 5) is 8.00. The van der Waals surface area contributed by atoms with Crippen molar-refractivity contribution >= 4 is 0 Å². The highest BCUT2D eigenvalue weighted by molar-refractivity contribution is 5.16. The molecule has 0 bridgehead atoms. The van der Waals surface area contributed by atoms with Gasteiger partial charge in [0.25, 0.3) is 0 Å². The fourth-order valence-electron chi connectivity index (χ4n) is 1.26. The van der Waals surface area contributed by atoms with Crippen LogP contribution in [0.5, 0.6) is 5.88 Å². The number of aryl methyl sites for hydroxylation is 2. The van der Waals surface area contributed by atoms with Crippen LogP contribution in [0.2, 0.25) is 0 Å². The van der Waals surface area contributed by atoms with Crippen molar-refractivity contribution in [1.82, 2.24) is 9.97 Å². The Morgan fingerprint density at radius 1 is 0.909 bits per heavy atom. The van der Waals surface area contributed by atoms with Crippen molar-refractivity contribution in [3.8, 4) is 5.88 Å². The molecule has 0 saturated heterocycles. The molecule has 122 valence electrons. The number of pyridine rings is 2. The largest absolute Gasteiger partial charge is 0.477 e. The van der Waals surface area contributed by atoms with Crippen molar-refractivity contribution in [3.05, 3.63) is 54.0 Å². The molecule has 2 aromatic heterocycles. The van der Waals surface area contributed by atoms with Gasteiger partial charge >= 0.3 is 0 Å². The smallest absolute Gasteiger partial charge is 0.213 e. The predicted octanol–water partition coefficient (Wildman–Crippen LogP) is 5.23. The molecule has 0 aromatic carbocycles. The van der Waals surface area contributed by atoms with Gasteiger partial charge in [0.15, 0.2) is 0 Å². The Bertz CT molecular complexity index is 487. The van der Waals surface area contributed by atoms with Crippen LogP contribution in [0.1, 0.15) is 45.7 Å². The van der Waals surface area contributed by atoms with Crippen LogP contribution in [0.25, 0.3) is 0 Å². The quantitative estimate of drug-likeness (QED) is 0.761. The molecule has 0 fully saturated rings. The lowest BCUT2D eigenvalue weighted by molar-refractivity contribution is 0.191. The van der Waals surface area contributed by atoms with Crippen LogP contribution < -0.4 is 4.74 Å². The SMILES string of the molecule is CC.Cc1ccc(OCC(C)(C)C)nc1.Cc1ccncc1. The first-order chi connectivity index (χ1) is 10.4. The van der Waals surface area contributed by atoms with E-state index in [9.17, 15) is 0 Å². The van der Waals surface area contributed by atoms with E-state index in [4.69, 9.17) is 4.74 Å². The lowest BCUT2D eigenvalue weighted by Crippen LogP contribution is -2.17. The van der Waals surface area contributed by atoms with Gasteiger partial charge in [0.05, 0.1) is 6.61 Å². The van der Waals surface area contributed by atoms with E-state index >= 15 is 0 Å². The van der Waals surface area contributed by atoms with Crippen molar-refractivity contribution in [3.63, 3.8) is 0 Å². The number of ether oxygens (including phenoxy) is 1. The summed E-state index contributed by atoms with van der Waals surface area (Å²) in [5, 5.41) is 0. The second kappa shape index (κ2) is 10.8. The van der Waals surface area contributed by atoms with Gasteiger partial charge in [0.2, 0.25) is 5.88 Å². The van der Waals surface area contributed by atoms with Gasteiger partial charge in [-0.1, -0.05) is 40.7 Å². The Morgan fingerprint density at radius 3 is 1.86 bits per heavy atom. The molecule has 0 atom stereocenters. The number of hydrogen-bond donors (Lipinski definition) is 0. The molecule has 0 unspecified atom stereocenters. The Labute approximate surface area is 135 Å². The molecule has 2 aromatic rings. The molecule has 0 aliphatic rings. The third kappa shape index (κ3) is 10.8. The zero-order chi connectivity index (χ0) is 17.0. The van der Waals surface area contributed by atoms with E-state index in [0.717, 1.165) is 5.56 Å². The zero-order valence-corrected chi connectivity index (χ0v) is 15.1. The minimum Gasteiger partial charge on any atom is -0.477 e. The van der Waals surface area contributed by atoms with Gasteiger partial charge in [-0.05, 0) is 42.5 Å². The summed E-state index contributed by atoms with van der Waals surface area (Å²) in [7, 11) is 0. The normalized spacial score (nSPS) is 9.77. The summed E-state index contributed by atoms with van der Waals surface area (Å²) in [5.74, 6) is 0.709. The molecule has 0 aliphatic carbocycles. The highest BCUT2D eigenvalue weighted by atomic mass is 16.5. The molecule has 0 amide bonds. The van der Waals surface area contributed by atoms with E-state index in [0.29, 0.717) is 12.5 Å². The topological polar surface area (TPSA) is 35.0 Å². The van der Waals surface area contributed by atoms with Gasteiger partial charge in [0, 0.05) is 24.7 Å².